The van der Waals surface area contributed by atoms with Gasteiger partial charge in [-0.3, -0.25) is 4.98 Å². The van der Waals surface area contributed by atoms with E-state index in [1.165, 1.54) is 13.2 Å². The Hall–Kier alpha value is -1.36. The SMILES string of the molecule is COC(=O)c1cc(F)cnc1-c1ccc(Cl)c(Cl)c1Cl. The number of hydrogen-bond acceptors (Lipinski definition) is 3. The van der Waals surface area contributed by atoms with Gasteiger partial charge in [-0.15, -0.1) is 0 Å². The first-order chi connectivity index (χ1) is 9.45. The van der Waals surface area contributed by atoms with Gasteiger partial charge >= 0.3 is 5.97 Å². The zero-order valence-corrected chi connectivity index (χ0v) is 12.4. The quantitative estimate of drug-likeness (QED) is 0.593. The molecule has 0 saturated carbocycles. The Labute approximate surface area is 129 Å². The Bertz CT molecular complexity index is 692. The molecule has 3 nitrogen and oxygen atoms in total. The van der Waals surface area contributed by atoms with Crippen molar-refractivity contribution in [3.63, 3.8) is 0 Å². The molecule has 20 heavy (non-hydrogen) atoms. The number of carbonyl (C=O) groups excluding carboxylic acids is 1. The van der Waals surface area contributed by atoms with Gasteiger partial charge in [0, 0.05) is 5.56 Å². The third-order valence-corrected chi connectivity index (χ3v) is 3.84. The summed E-state index contributed by atoms with van der Waals surface area (Å²) in [7, 11) is 1.19. The van der Waals surface area contributed by atoms with Crippen LogP contribution in [-0.2, 0) is 4.74 Å². The predicted molar refractivity (Wildman–Crippen MR) is 76.0 cm³/mol. The number of nitrogens with zero attached hydrogens (tertiary/aromatic N) is 1. The molecule has 0 unspecified atom stereocenters. The normalized spacial score (nSPS) is 10.4. The number of carbonyl (C=O) groups is 1. The lowest BCUT2D eigenvalue weighted by molar-refractivity contribution is 0.0600. The molecule has 0 atom stereocenters. The predicted octanol–water partition coefficient (Wildman–Crippen LogP) is 4.63. The number of rotatable bonds is 2. The van der Waals surface area contributed by atoms with Gasteiger partial charge in [0.2, 0.25) is 0 Å². The summed E-state index contributed by atoms with van der Waals surface area (Å²) >= 11 is 17.9. The molecular weight excluding hydrogens is 328 g/mol. The molecule has 0 fully saturated rings. The summed E-state index contributed by atoms with van der Waals surface area (Å²) in [4.78, 5) is 15.6. The molecule has 0 radical (unpaired) electrons. The van der Waals surface area contributed by atoms with Crippen LogP contribution in [0.3, 0.4) is 0 Å². The van der Waals surface area contributed by atoms with Gasteiger partial charge in [-0.25, -0.2) is 9.18 Å². The molecule has 0 saturated heterocycles. The van der Waals surface area contributed by atoms with Gasteiger partial charge in [-0.1, -0.05) is 34.8 Å². The van der Waals surface area contributed by atoms with Gasteiger partial charge in [-0.05, 0) is 18.2 Å². The fourth-order valence-corrected chi connectivity index (χ4v) is 2.25. The first-order valence-corrected chi connectivity index (χ1v) is 6.46. The van der Waals surface area contributed by atoms with E-state index in [2.05, 4.69) is 9.72 Å². The molecule has 0 N–H and O–H groups in total. The van der Waals surface area contributed by atoms with Crippen LogP contribution in [0.2, 0.25) is 15.1 Å². The van der Waals surface area contributed by atoms with Crippen molar-refractivity contribution in [1.29, 1.82) is 0 Å². The Kier molecular flexibility index (Phi) is 4.48. The Morgan fingerprint density at radius 3 is 2.60 bits per heavy atom. The number of aromatic nitrogens is 1. The van der Waals surface area contributed by atoms with Crippen LogP contribution in [0.1, 0.15) is 10.4 Å². The van der Waals surface area contributed by atoms with Crippen molar-refractivity contribution in [2.24, 2.45) is 0 Å². The summed E-state index contributed by atoms with van der Waals surface area (Å²) in [6, 6.07) is 4.08. The van der Waals surface area contributed by atoms with Gasteiger partial charge in [0.15, 0.2) is 0 Å². The Balaban J connectivity index is 2.70. The monoisotopic (exact) mass is 333 g/mol. The highest BCUT2D eigenvalue weighted by Gasteiger charge is 2.20. The van der Waals surface area contributed by atoms with E-state index in [1.54, 1.807) is 6.07 Å². The second-order valence-electron chi connectivity index (χ2n) is 3.76. The second-order valence-corrected chi connectivity index (χ2v) is 4.93. The highest BCUT2D eigenvalue weighted by atomic mass is 35.5. The molecule has 0 aliphatic heterocycles. The van der Waals surface area contributed by atoms with E-state index >= 15 is 0 Å². The van der Waals surface area contributed by atoms with Crippen molar-refractivity contribution < 1.29 is 13.9 Å². The maximum absolute atomic E-state index is 13.3. The molecule has 0 aliphatic carbocycles. The van der Waals surface area contributed by atoms with E-state index < -0.39 is 11.8 Å². The molecule has 1 aromatic carbocycles. The van der Waals surface area contributed by atoms with Gasteiger partial charge < -0.3 is 4.74 Å². The van der Waals surface area contributed by atoms with E-state index in [0.717, 1.165) is 12.3 Å². The largest absolute Gasteiger partial charge is 0.465 e. The smallest absolute Gasteiger partial charge is 0.340 e. The Morgan fingerprint density at radius 2 is 1.95 bits per heavy atom. The van der Waals surface area contributed by atoms with E-state index in [9.17, 15) is 9.18 Å². The third-order valence-electron chi connectivity index (χ3n) is 2.55. The van der Waals surface area contributed by atoms with E-state index in [1.807, 2.05) is 0 Å². The number of ether oxygens (including phenoxy) is 1. The maximum atomic E-state index is 13.3. The van der Waals surface area contributed by atoms with E-state index in [0.29, 0.717) is 5.56 Å². The van der Waals surface area contributed by atoms with Crippen molar-refractivity contribution in [2.45, 2.75) is 0 Å². The molecule has 0 bridgehead atoms. The van der Waals surface area contributed by atoms with Crippen molar-refractivity contribution >= 4 is 40.8 Å². The number of hydrogen-bond donors (Lipinski definition) is 0. The highest BCUT2D eigenvalue weighted by Crippen LogP contribution is 2.38. The maximum Gasteiger partial charge on any atom is 0.340 e. The van der Waals surface area contributed by atoms with E-state index in [-0.39, 0.29) is 26.3 Å². The lowest BCUT2D eigenvalue weighted by Crippen LogP contribution is -2.06. The molecule has 0 aliphatic rings. The second kappa shape index (κ2) is 5.95. The van der Waals surface area contributed by atoms with Crippen LogP contribution in [-0.4, -0.2) is 18.1 Å². The van der Waals surface area contributed by atoms with Crippen LogP contribution in [0.15, 0.2) is 24.4 Å². The van der Waals surface area contributed by atoms with Gasteiger partial charge in [-0.2, -0.15) is 0 Å². The fourth-order valence-electron chi connectivity index (χ4n) is 1.63. The first-order valence-electron chi connectivity index (χ1n) is 5.33. The molecule has 104 valence electrons. The molecular formula is C13H7Cl3FNO2. The zero-order valence-electron chi connectivity index (χ0n) is 10.1. The van der Waals surface area contributed by atoms with Crippen LogP contribution in [0.25, 0.3) is 11.3 Å². The van der Waals surface area contributed by atoms with Gasteiger partial charge in [0.1, 0.15) is 5.82 Å². The summed E-state index contributed by atoms with van der Waals surface area (Å²) in [6.45, 7) is 0. The van der Waals surface area contributed by atoms with Crippen LogP contribution in [0.5, 0.6) is 0 Å². The lowest BCUT2D eigenvalue weighted by atomic mass is 10.1. The van der Waals surface area contributed by atoms with Crippen LogP contribution < -0.4 is 0 Å². The van der Waals surface area contributed by atoms with Crippen LogP contribution in [0, 0.1) is 5.82 Å². The summed E-state index contributed by atoms with van der Waals surface area (Å²) in [6.07, 6.45) is 0.973. The summed E-state index contributed by atoms with van der Waals surface area (Å²) in [5, 5.41) is 0.526. The molecule has 2 aromatic rings. The summed E-state index contributed by atoms with van der Waals surface area (Å²) in [5.74, 6) is -1.39. The number of benzene rings is 1. The number of halogens is 4. The lowest BCUT2D eigenvalue weighted by Gasteiger charge is -2.10. The minimum absolute atomic E-state index is 0.0483. The topological polar surface area (TPSA) is 39.2 Å². The van der Waals surface area contributed by atoms with Crippen molar-refractivity contribution in [3.05, 3.63) is 50.8 Å². The summed E-state index contributed by atoms with van der Waals surface area (Å²) in [5.41, 5.74) is 0.482. The van der Waals surface area contributed by atoms with Gasteiger partial charge in [0.25, 0.3) is 0 Å². The highest BCUT2D eigenvalue weighted by molar-refractivity contribution is 6.49. The average molecular weight is 335 g/mol. The third kappa shape index (κ3) is 2.73. The standard InChI is InChI=1S/C13H7Cl3FNO2/c1-20-13(19)8-4-6(17)5-18-12(8)7-2-3-9(14)11(16)10(7)15/h2-5H,1H3. The summed E-state index contributed by atoms with van der Waals surface area (Å²) < 4.78 is 17.9. The molecule has 1 heterocycles. The van der Waals surface area contributed by atoms with E-state index in [4.69, 9.17) is 34.8 Å². The average Bonchev–Trinajstić information content (AvgIpc) is 2.44. The minimum atomic E-state index is -0.728. The molecule has 0 spiro atoms. The fraction of sp³-hybridized carbons (Fsp3) is 0.0769. The van der Waals surface area contributed by atoms with Gasteiger partial charge in [0.05, 0.1) is 39.6 Å². The molecule has 0 amide bonds. The zero-order chi connectivity index (χ0) is 14.9. The first kappa shape index (κ1) is 15.0. The van der Waals surface area contributed by atoms with Crippen molar-refractivity contribution in [3.8, 4) is 11.3 Å². The number of methoxy groups -OCH3 is 1. The Morgan fingerprint density at radius 1 is 1.25 bits per heavy atom. The molecule has 1 aromatic heterocycles. The van der Waals surface area contributed by atoms with Crippen molar-refractivity contribution in [2.75, 3.05) is 7.11 Å². The van der Waals surface area contributed by atoms with Crippen LogP contribution >= 0.6 is 34.8 Å². The van der Waals surface area contributed by atoms with Crippen molar-refractivity contribution in [1.82, 2.24) is 4.98 Å². The molecule has 7 heteroatoms. The number of esters is 1. The number of pyridine rings is 1. The van der Waals surface area contributed by atoms with Crippen LogP contribution in [0.4, 0.5) is 4.39 Å². The molecule has 2 rings (SSSR count). The minimum Gasteiger partial charge on any atom is -0.465 e.